The van der Waals surface area contributed by atoms with Crippen molar-refractivity contribution in [2.45, 2.75) is 50.6 Å². The zero-order valence-electron chi connectivity index (χ0n) is 10.4. The monoisotopic (exact) mass is 290 g/mol. The van der Waals surface area contributed by atoms with Gasteiger partial charge in [0.1, 0.15) is 0 Å². The van der Waals surface area contributed by atoms with Crippen LogP contribution in [0.4, 0.5) is 26.3 Å². The number of rotatable bonds is 3. The SMILES string of the molecule is CC(OCC1CC2CCC1C2)(C(F)(F)F)C(F)(F)F. The minimum atomic E-state index is -5.46. The van der Waals surface area contributed by atoms with Crippen LogP contribution in [0.2, 0.25) is 0 Å². The first-order valence-electron chi connectivity index (χ1n) is 6.32. The summed E-state index contributed by atoms with van der Waals surface area (Å²) in [5.74, 6) is 0.528. The normalized spacial score (nSPS) is 32.1. The van der Waals surface area contributed by atoms with Gasteiger partial charge in [-0.05, 0) is 43.9 Å². The van der Waals surface area contributed by atoms with Crippen LogP contribution in [0.25, 0.3) is 0 Å². The van der Waals surface area contributed by atoms with Crippen molar-refractivity contribution >= 4 is 0 Å². The van der Waals surface area contributed by atoms with Crippen LogP contribution in [-0.4, -0.2) is 24.6 Å². The predicted octanol–water partition coefficient (Wildman–Crippen LogP) is 4.32. The van der Waals surface area contributed by atoms with Gasteiger partial charge >= 0.3 is 12.4 Å². The van der Waals surface area contributed by atoms with Crippen molar-refractivity contribution in [3.8, 4) is 0 Å². The second-order valence-corrected chi connectivity index (χ2v) is 5.77. The van der Waals surface area contributed by atoms with E-state index in [9.17, 15) is 26.3 Å². The molecule has 0 radical (unpaired) electrons. The number of hydrogen-bond donors (Lipinski definition) is 0. The topological polar surface area (TPSA) is 9.23 Å². The first kappa shape index (κ1) is 14.9. The third-order valence-corrected chi connectivity index (χ3v) is 4.55. The molecule has 112 valence electrons. The minimum Gasteiger partial charge on any atom is -0.358 e. The highest BCUT2D eigenvalue weighted by atomic mass is 19.4. The molecule has 0 aliphatic heterocycles. The molecule has 0 aromatic carbocycles. The van der Waals surface area contributed by atoms with Gasteiger partial charge in [-0.1, -0.05) is 6.42 Å². The zero-order chi connectivity index (χ0) is 14.5. The fourth-order valence-electron chi connectivity index (χ4n) is 3.18. The van der Waals surface area contributed by atoms with Crippen molar-refractivity contribution in [2.24, 2.45) is 17.8 Å². The van der Waals surface area contributed by atoms with Gasteiger partial charge in [-0.15, -0.1) is 0 Å². The summed E-state index contributed by atoms with van der Waals surface area (Å²) in [7, 11) is 0. The molecule has 0 aromatic heterocycles. The fraction of sp³-hybridized carbons (Fsp3) is 1.00. The van der Waals surface area contributed by atoms with E-state index in [2.05, 4.69) is 4.74 Å². The summed E-state index contributed by atoms with van der Waals surface area (Å²) >= 11 is 0. The molecule has 0 spiro atoms. The fourth-order valence-corrected chi connectivity index (χ4v) is 3.18. The van der Waals surface area contributed by atoms with Gasteiger partial charge in [-0.2, -0.15) is 26.3 Å². The lowest BCUT2D eigenvalue weighted by Crippen LogP contribution is -2.57. The van der Waals surface area contributed by atoms with Crippen molar-refractivity contribution in [2.75, 3.05) is 6.61 Å². The Morgan fingerprint density at radius 2 is 1.53 bits per heavy atom. The lowest BCUT2D eigenvalue weighted by molar-refractivity contribution is -0.376. The lowest BCUT2D eigenvalue weighted by atomic mass is 9.89. The van der Waals surface area contributed by atoms with E-state index in [1.54, 1.807) is 0 Å². The van der Waals surface area contributed by atoms with Crippen LogP contribution in [0, 0.1) is 17.8 Å². The van der Waals surface area contributed by atoms with E-state index >= 15 is 0 Å². The summed E-state index contributed by atoms with van der Waals surface area (Å²) in [6.07, 6.45) is -7.37. The Kier molecular flexibility index (Phi) is 3.56. The molecule has 2 aliphatic carbocycles. The molecule has 2 rings (SSSR count). The van der Waals surface area contributed by atoms with Crippen LogP contribution < -0.4 is 0 Å². The Bertz CT molecular complexity index is 320. The molecule has 0 heterocycles. The standard InChI is InChI=1S/C12H16F6O/c1-10(11(13,14)15,12(16,17)18)19-6-9-5-7-2-3-8(9)4-7/h7-9H,2-6H2,1H3. The van der Waals surface area contributed by atoms with Gasteiger partial charge in [-0.3, -0.25) is 0 Å². The smallest absolute Gasteiger partial charge is 0.358 e. The molecule has 3 atom stereocenters. The molecule has 19 heavy (non-hydrogen) atoms. The van der Waals surface area contributed by atoms with Crippen molar-refractivity contribution in [3.63, 3.8) is 0 Å². The lowest BCUT2D eigenvalue weighted by Gasteiger charge is -2.35. The molecular formula is C12H16F6O. The van der Waals surface area contributed by atoms with E-state index in [0.717, 1.165) is 19.3 Å². The molecule has 1 nitrogen and oxygen atoms in total. The van der Waals surface area contributed by atoms with Crippen molar-refractivity contribution in [1.29, 1.82) is 0 Å². The molecule has 2 saturated carbocycles. The first-order chi connectivity index (χ1) is 8.54. The highest BCUT2D eigenvalue weighted by molar-refractivity contribution is 4.94. The van der Waals surface area contributed by atoms with E-state index in [1.165, 1.54) is 0 Å². The Morgan fingerprint density at radius 1 is 0.947 bits per heavy atom. The number of ether oxygens (including phenoxy) is 1. The third kappa shape index (κ3) is 2.58. The molecule has 3 unspecified atom stereocenters. The van der Waals surface area contributed by atoms with Crippen LogP contribution in [0.3, 0.4) is 0 Å². The highest BCUT2D eigenvalue weighted by Gasteiger charge is 2.69. The van der Waals surface area contributed by atoms with Crippen LogP contribution >= 0.6 is 0 Å². The average Bonchev–Trinajstić information content (AvgIpc) is 2.83. The largest absolute Gasteiger partial charge is 0.426 e. The molecule has 2 bridgehead atoms. The van der Waals surface area contributed by atoms with E-state index in [0.29, 0.717) is 12.3 Å². The van der Waals surface area contributed by atoms with Crippen LogP contribution in [0.5, 0.6) is 0 Å². The van der Waals surface area contributed by atoms with Crippen molar-refractivity contribution < 1.29 is 31.1 Å². The summed E-state index contributed by atoms with van der Waals surface area (Å²) in [4.78, 5) is 0. The molecule has 0 aromatic rings. The average molecular weight is 290 g/mol. The van der Waals surface area contributed by atoms with Crippen LogP contribution in [0.15, 0.2) is 0 Å². The Balaban J connectivity index is 2.02. The van der Waals surface area contributed by atoms with E-state index < -0.39 is 24.6 Å². The van der Waals surface area contributed by atoms with E-state index in [-0.39, 0.29) is 18.8 Å². The van der Waals surface area contributed by atoms with E-state index in [1.807, 2.05) is 0 Å². The molecule has 0 saturated heterocycles. The van der Waals surface area contributed by atoms with Crippen LogP contribution in [0.1, 0.15) is 32.6 Å². The third-order valence-electron chi connectivity index (χ3n) is 4.55. The maximum atomic E-state index is 12.6. The molecular weight excluding hydrogens is 274 g/mol. The predicted molar refractivity (Wildman–Crippen MR) is 55.4 cm³/mol. The van der Waals surface area contributed by atoms with Gasteiger partial charge in [0.15, 0.2) is 0 Å². The Morgan fingerprint density at radius 3 is 1.89 bits per heavy atom. The maximum Gasteiger partial charge on any atom is 0.426 e. The number of fused-ring (bicyclic) bond motifs is 2. The molecule has 0 amide bonds. The molecule has 2 aliphatic rings. The van der Waals surface area contributed by atoms with Crippen molar-refractivity contribution in [1.82, 2.24) is 0 Å². The number of hydrogen-bond acceptors (Lipinski definition) is 1. The quantitative estimate of drug-likeness (QED) is 0.703. The molecule has 2 fully saturated rings. The second kappa shape index (κ2) is 4.53. The van der Waals surface area contributed by atoms with Gasteiger partial charge in [0.05, 0.1) is 6.61 Å². The zero-order valence-corrected chi connectivity index (χ0v) is 10.4. The summed E-state index contributed by atoms with van der Waals surface area (Å²) < 4.78 is 80.0. The van der Waals surface area contributed by atoms with Gasteiger partial charge < -0.3 is 4.74 Å². The van der Waals surface area contributed by atoms with Gasteiger partial charge in [0, 0.05) is 0 Å². The maximum absolute atomic E-state index is 12.6. The van der Waals surface area contributed by atoms with Crippen LogP contribution in [-0.2, 0) is 4.74 Å². The van der Waals surface area contributed by atoms with Crippen molar-refractivity contribution in [3.05, 3.63) is 0 Å². The number of halogens is 6. The summed E-state index contributed by atoms with van der Waals surface area (Å²) in [5, 5.41) is 0. The molecule has 7 heteroatoms. The summed E-state index contributed by atoms with van der Waals surface area (Å²) in [5.41, 5.74) is -4.07. The number of alkyl halides is 6. The molecule has 0 N–H and O–H groups in total. The van der Waals surface area contributed by atoms with Gasteiger partial charge in [-0.25, -0.2) is 0 Å². The first-order valence-corrected chi connectivity index (χ1v) is 6.32. The minimum absolute atomic E-state index is 0.0697. The van der Waals surface area contributed by atoms with Gasteiger partial charge in [0.25, 0.3) is 5.60 Å². The Labute approximate surface area is 107 Å². The second-order valence-electron chi connectivity index (χ2n) is 5.77. The van der Waals surface area contributed by atoms with Gasteiger partial charge in [0.2, 0.25) is 0 Å². The Hall–Kier alpha value is -0.460. The van der Waals surface area contributed by atoms with E-state index in [4.69, 9.17) is 0 Å². The summed E-state index contributed by atoms with van der Waals surface area (Å²) in [6.45, 7) is -0.392. The summed E-state index contributed by atoms with van der Waals surface area (Å²) in [6, 6.07) is 0. The highest BCUT2D eigenvalue weighted by Crippen LogP contribution is 2.50.